The average Bonchev–Trinajstić information content (AvgIpc) is 3.16. The second kappa shape index (κ2) is 8.78. The van der Waals surface area contributed by atoms with Crippen molar-refractivity contribution in [1.82, 2.24) is 15.1 Å². The zero-order chi connectivity index (χ0) is 22.8. The molecule has 0 radical (unpaired) electrons. The van der Waals surface area contributed by atoms with E-state index >= 15 is 0 Å². The van der Waals surface area contributed by atoms with Gasteiger partial charge in [-0.25, -0.2) is 9.07 Å². The number of nitrogens with one attached hydrogen (secondary N) is 1. The lowest BCUT2D eigenvalue weighted by Gasteiger charge is -2.14. The summed E-state index contributed by atoms with van der Waals surface area (Å²) in [6.07, 6.45) is -4.67. The highest BCUT2D eigenvalue weighted by Gasteiger charge is 2.35. The molecular weight excluding hydrogens is 436 g/mol. The second-order valence-electron chi connectivity index (χ2n) is 6.70. The van der Waals surface area contributed by atoms with Crippen molar-refractivity contribution in [3.63, 3.8) is 0 Å². The number of halogens is 5. The van der Waals surface area contributed by atoms with E-state index in [9.17, 15) is 22.4 Å². The molecule has 10 heteroatoms. The summed E-state index contributed by atoms with van der Waals surface area (Å²) < 4.78 is 54.4. The molecule has 1 heterocycles. The van der Waals surface area contributed by atoms with Crippen LogP contribution in [0.3, 0.4) is 0 Å². The average molecular weight is 451 g/mol. The number of carbonyl (C=O) groups is 1. The molecule has 1 unspecified atom stereocenters. The van der Waals surface area contributed by atoms with Crippen molar-refractivity contribution in [1.29, 1.82) is 5.26 Å². The van der Waals surface area contributed by atoms with Gasteiger partial charge in [0.05, 0.1) is 29.4 Å². The predicted molar refractivity (Wildman–Crippen MR) is 105 cm³/mol. The monoisotopic (exact) mass is 450 g/mol. The summed E-state index contributed by atoms with van der Waals surface area (Å²) in [5.41, 5.74) is -0.552. The Kier molecular flexibility index (Phi) is 6.32. The zero-order valence-corrected chi connectivity index (χ0v) is 16.8. The van der Waals surface area contributed by atoms with Crippen molar-refractivity contribution in [2.24, 2.45) is 0 Å². The number of hydrogen-bond acceptors (Lipinski definition) is 3. The standard InChI is InChI=1S/C21H15ClF4N4O/c1-12(13-5-6-14(10-27)18(23)7-13)20(31)28-11-17-9-19(21(24,25)26)29-30(17)16-4-2-3-15(22)8-16/h2-9,12H,11H2,1H3,(H,28,31). The number of alkyl halides is 3. The number of hydrogen-bond donors (Lipinski definition) is 1. The zero-order valence-electron chi connectivity index (χ0n) is 16.0. The summed E-state index contributed by atoms with van der Waals surface area (Å²) in [7, 11) is 0. The Morgan fingerprint density at radius 3 is 2.61 bits per heavy atom. The molecule has 160 valence electrons. The predicted octanol–water partition coefficient (Wildman–Crippen LogP) is 4.98. The molecule has 0 aliphatic carbocycles. The minimum absolute atomic E-state index is 0.0844. The van der Waals surface area contributed by atoms with E-state index in [0.29, 0.717) is 16.3 Å². The van der Waals surface area contributed by atoms with Crippen LogP contribution in [-0.2, 0) is 17.5 Å². The van der Waals surface area contributed by atoms with Crippen LogP contribution >= 0.6 is 11.6 Å². The Labute approximate surface area is 179 Å². The van der Waals surface area contributed by atoms with Gasteiger partial charge in [0.15, 0.2) is 5.69 Å². The highest BCUT2D eigenvalue weighted by atomic mass is 35.5. The maximum atomic E-state index is 13.8. The number of aromatic nitrogens is 2. The van der Waals surface area contributed by atoms with Crippen LogP contribution in [0.5, 0.6) is 0 Å². The van der Waals surface area contributed by atoms with Crippen molar-refractivity contribution in [2.75, 3.05) is 0 Å². The first-order valence-corrected chi connectivity index (χ1v) is 9.37. The fraction of sp³-hybridized carbons (Fsp3) is 0.190. The van der Waals surface area contributed by atoms with Crippen LogP contribution in [0.15, 0.2) is 48.5 Å². The number of carbonyl (C=O) groups excluding carboxylic acids is 1. The minimum atomic E-state index is -4.67. The van der Waals surface area contributed by atoms with Gasteiger partial charge in [0, 0.05) is 5.02 Å². The van der Waals surface area contributed by atoms with Gasteiger partial charge in [-0.1, -0.05) is 23.7 Å². The first kappa shape index (κ1) is 22.3. The Morgan fingerprint density at radius 2 is 2.00 bits per heavy atom. The Hall–Kier alpha value is -3.38. The molecule has 0 fully saturated rings. The SMILES string of the molecule is CC(C(=O)NCc1cc(C(F)(F)F)nn1-c1cccc(Cl)c1)c1ccc(C#N)c(F)c1. The van der Waals surface area contributed by atoms with E-state index in [-0.39, 0.29) is 17.8 Å². The molecular formula is C21H15ClF4N4O. The van der Waals surface area contributed by atoms with Crippen molar-refractivity contribution in [3.05, 3.63) is 81.9 Å². The number of nitriles is 1. The van der Waals surface area contributed by atoms with E-state index in [1.807, 2.05) is 0 Å². The molecule has 0 spiro atoms. The largest absolute Gasteiger partial charge is 0.435 e. The first-order valence-electron chi connectivity index (χ1n) is 8.99. The molecule has 1 N–H and O–H groups in total. The van der Waals surface area contributed by atoms with Crippen molar-refractivity contribution in [3.8, 4) is 11.8 Å². The third kappa shape index (κ3) is 5.03. The van der Waals surface area contributed by atoms with Gasteiger partial charge in [0.25, 0.3) is 0 Å². The van der Waals surface area contributed by atoms with Crippen LogP contribution in [-0.4, -0.2) is 15.7 Å². The van der Waals surface area contributed by atoms with Crippen LogP contribution in [0.2, 0.25) is 5.02 Å². The lowest BCUT2D eigenvalue weighted by Crippen LogP contribution is -2.28. The molecule has 3 rings (SSSR count). The molecule has 2 aromatic carbocycles. The maximum Gasteiger partial charge on any atom is 0.435 e. The second-order valence-corrected chi connectivity index (χ2v) is 7.14. The van der Waals surface area contributed by atoms with Gasteiger partial charge < -0.3 is 5.32 Å². The van der Waals surface area contributed by atoms with Gasteiger partial charge in [-0.3, -0.25) is 4.79 Å². The first-order chi connectivity index (χ1) is 14.6. The highest BCUT2D eigenvalue weighted by Crippen LogP contribution is 2.30. The number of nitrogens with zero attached hydrogens (tertiary/aromatic N) is 3. The summed E-state index contributed by atoms with van der Waals surface area (Å²) in [5, 5.41) is 15.3. The lowest BCUT2D eigenvalue weighted by molar-refractivity contribution is -0.141. The summed E-state index contributed by atoms with van der Waals surface area (Å²) in [5.74, 6) is -2.09. The van der Waals surface area contributed by atoms with Crippen molar-refractivity contribution >= 4 is 17.5 Å². The van der Waals surface area contributed by atoms with Gasteiger partial charge >= 0.3 is 6.18 Å². The number of amides is 1. The fourth-order valence-electron chi connectivity index (χ4n) is 2.89. The van der Waals surface area contributed by atoms with E-state index in [4.69, 9.17) is 16.9 Å². The molecule has 1 atom stereocenters. The van der Waals surface area contributed by atoms with E-state index in [1.165, 1.54) is 31.2 Å². The Bertz CT molecular complexity index is 1170. The van der Waals surface area contributed by atoms with Crippen molar-refractivity contribution in [2.45, 2.75) is 25.6 Å². The molecule has 1 amide bonds. The molecule has 0 bridgehead atoms. The minimum Gasteiger partial charge on any atom is -0.350 e. The summed E-state index contributed by atoms with van der Waals surface area (Å²) in [4.78, 5) is 12.5. The van der Waals surface area contributed by atoms with Crippen LogP contribution in [0, 0.1) is 17.1 Å². The highest BCUT2D eigenvalue weighted by molar-refractivity contribution is 6.30. The smallest absolute Gasteiger partial charge is 0.350 e. The third-order valence-electron chi connectivity index (χ3n) is 4.58. The molecule has 5 nitrogen and oxygen atoms in total. The fourth-order valence-corrected chi connectivity index (χ4v) is 3.07. The lowest BCUT2D eigenvalue weighted by atomic mass is 9.99. The number of benzene rings is 2. The molecule has 3 aromatic rings. The third-order valence-corrected chi connectivity index (χ3v) is 4.81. The van der Waals surface area contributed by atoms with Crippen LogP contribution < -0.4 is 5.32 Å². The van der Waals surface area contributed by atoms with Crippen LogP contribution in [0.1, 0.15) is 35.4 Å². The van der Waals surface area contributed by atoms with Gasteiger partial charge in [0.2, 0.25) is 5.91 Å². The van der Waals surface area contributed by atoms with Gasteiger partial charge in [-0.2, -0.15) is 23.5 Å². The van der Waals surface area contributed by atoms with E-state index in [2.05, 4.69) is 10.4 Å². The molecule has 31 heavy (non-hydrogen) atoms. The molecule has 0 aliphatic heterocycles. The Balaban J connectivity index is 1.83. The summed E-state index contributed by atoms with van der Waals surface area (Å²) in [6.45, 7) is 1.27. The van der Waals surface area contributed by atoms with E-state index in [0.717, 1.165) is 16.8 Å². The van der Waals surface area contributed by atoms with Crippen LogP contribution in [0.4, 0.5) is 17.6 Å². The van der Waals surface area contributed by atoms with Gasteiger partial charge in [-0.05, 0) is 48.9 Å². The summed E-state index contributed by atoms with van der Waals surface area (Å²) >= 11 is 5.93. The molecule has 0 saturated carbocycles. The van der Waals surface area contributed by atoms with Gasteiger partial charge in [-0.15, -0.1) is 0 Å². The number of rotatable bonds is 5. The quantitative estimate of drug-likeness (QED) is 0.557. The normalized spacial score (nSPS) is 12.3. The topological polar surface area (TPSA) is 70.7 Å². The maximum absolute atomic E-state index is 13.8. The van der Waals surface area contributed by atoms with E-state index < -0.39 is 29.5 Å². The Morgan fingerprint density at radius 1 is 1.26 bits per heavy atom. The van der Waals surface area contributed by atoms with E-state index in [1.54, 1.807) is 18.2 Å². The summed E-state index contributed by atoms with van der Waals surface area (Å²) in [6, 6.07) is 12.4. The van der Waals surface area contributed by atoms with Gasteiger partial charge in [0.1, 0.15) is 11.9 Å². The molecule has 0 saturated heterocycles. The molecule has 1 aromatic heterocycles. The van der Waals surface area contributed by atoms with Crippen molar-refractivity contribution < 1.29 is 22.4 Å². The molecule has 0 aliphatic rings. The van der Waals surface area contributed by atoms with Crippen LogP contribution in [0.25, 0.3) is 5.69 Å².